The normalized spacial score (nSPS) is 17.6. The molecule has 0 radical (unpaired) electrons. The predicted molar refractivity (Wildman–Crippen MR) is 137 cm³/mol. The average Bonchev–Trinajstić information content (AvgIpc) is 2.86. The quantitative estimate of drug-likeness (QED) is 0.577. The largest absolute Gasteiger partial charge is 0.451 e. The first-order valence-electron chi connectivity index (χ1n) is 13.0. The van der Waals surface area contributed by atoms with Gasteiger partial charge in [0.1, 0.15) is 17.9 Å². The zero-order valence-electron chi connectivity index (χ0n) is 21.7. The fourth-order valence-electron chi connectivity index (χ4n) is 5.16. The lowest BCUT2D eigenvalue weighted by molar-refractivity contribution is 0.0640. The fourth-order valence-corrected chi connectivity index (χ4v) is 5.16. The second-order valence-corrected chi connectivity index (χ2v) is 10.2. The van der Waals surface area contributed by atoms with Crippen molar-refractivity contribution in [2.24, 2.45) is 0 Å². The second kappa shape index (κ2) is 12.0. The molecule has 4 rings (SSSR count). The number of ether oxygens (including phenoxy) is 2. The summed E-state index contributed by atoms with van der Waals surface area (Å²) in [7, 11) is 0. The van der Waals surface area contributed by atoms with Gasteiger partial charge < -0.3 is 24.6 Å². The molecule has 0 bridgehead atoms. The van der Waals surface area contributed by atoms with Crippen molar-refractivity contribution in [3.8, 4) is 11.5 Å². The van der Waals surface area contributed by atoms with Gasteiger partial charge in [-0.15, -0.1) is 0 Å². The van der Waals surface area contributed by atoms with Crippen LogP contribution in [0.1, 0.15) is 63.7 Å². The van der Waals surface area contributed by atoms with Crippen LogP contribution in [0.2, 0.25) is 0 Å². The van der Waals surface area contributed by atoms with Crippen LogP contribution in [0.25, 0.3) is 0 Å². The minimum absolute atomic E-state index is 0.0414. The first kappa shape index (κ1) is 26.3. The van der Waals surface area contributed by atoms with Crippen LogP contribution in [0.4, 0.5) is 10.2 Å². The highest BCUT2D eigenvalue weighted by Gasteiger charge is 2.28. The molecule has 0 unspecified atom stereocenters. The molecule has 1 aromatic carbocycles. The van der Waals surface area contributed by atoms with Crippen LogP contribution >= 0.6 is 0 Å². The van der Waals surface area contributed by atoms with Crippen LogP contribution in [0.5, 0.6) is 11.5 Å². The smallest absolute Gasteiger partial charge is 0.258 e. The molecule has 8 nitrogen and oxygen atoms in total. The number of hydrogen-bond acceptors (Lipinski definition) is 7. The van der Waals surface area contributed by atoms with Gasteiger partial charge in [-0.3, -0.25) is 4.79 Å². The van der Waals surface area contributed by atoms with Gasteiger partial charge in [0, 0.05) is 50.5 Å². The van der Waals surface area contributed by atoms with Gasteiger partial charge in [-0.05, 0) is 71.6 Å². The Balaban J connectivity index is 1.50. The Hall–Kier alpha value is -2.78. The average molecular weight is 500 g/mol. The minimum Gasteiger partial charge on any atom is -0.451 e. The van der Waals surface area contributed by atoms with Crippen molar-refractivity contribution >= 4 is 11.7 Å². The van der Waals surface area contributed by atoms with E-state index in [0.717, 1.165) is 52.0 Å². The van der Waals surface area contributed by atoms with Crippen molar-refractivity contribution < 1.29 is 18.7 Å². The Kier molecular flexibility index (Phi) is 8.74. The van der Waals surface area contributed by atoms with E-state index < -0.39 is 5.82 Å². The maximum atomic E-state index is 14.2. The summed E-state index contributed by atoms with van der Waals surface area (Å²) < 4.78 is 25.9. The molecule has 36 heavy (non-hydrogen) atoms. The van der Waals surface area contributed by atoms with Crippen LogP contribution in [0, 0.1) is 5.82 Å². The first-order valence-corrected chi connectivity index (χ1v) is 13.0. The minimum atomic E-state index is -0.484. The number of nitrogens with zero attached hydrogens (tertiary/aromatic N) is 4. The van der Waals surface area contributed by atoms with E-state index in [1.54, 1.807) is 11.1 Å². The number of benzene rings is 1. The number of anilines is 1. The van der Waals surface area contributed by atoms with Crippen molar-refractivity contribution in [3.05, 3.63) is 42.1 Å². The van der Waals surface area contributed by atoms with Crippen LogP contribution in [-0.4, -0.2) is 71.2 Å². The van der Waals surface area contributed by atoms with E-state index in [9.17, 15) is 9.18 Å². The molecular formula is C27H38FN5O3. The Labute approximate surface area is 213 Å². The molecule has 196 valence electrons. The van der Waals surface area contributed by atoms with E-state index in [2.05, 4.69) is 20.2 Å². The molecule has 3 heterocycles. The SMILES string of the molecule is CC(C)N(C(=O)c1cc(F)ccc1Oc1cncnc1N1CCC(NC2CCOCC2)CC1)C(C)C. The summed E-state index contributed by atoms with van der Waals surface area (Å²) >= 11 is 0. The van der Waals surface area contributed by atoms with E-state index in [0.29, 0.717) is 29.4 Å². The van der Waals surface area contributed by atoms with E-state index in [-0.39, 0.29) is 23.6 Å². The molecule has 0 spiro atoms. The summed E-state index contributed by atoms with van der Waals surface area (Å²) in [6, 6.07) is 4.96. The first-order chi connectivity index (χ1) is 17.3. The molecule has 1 N–H and O–H groups in total. The summed E-state index contributed by atoms with van der Waals surface area (Å²) in [6.07, 6.45) is 7.24. The van der Waals surface area contributed by atoms with Gasteiger partial charge in [0.15, 0.2) is 11.6 Å². The van der Waals surface area contributed by atoms with Crippen molar-refractivity contribution in [1.29, 1.82) is 0 Å². The van der Waals surface area contributed by atoms with Crippen LogP contribution < -0.4 is 15.0 Å². The van der Waals surface area contributed by atoms with E-state index in [1.807, 2.05) is 27.7 Å². The maximum Gasteiger partial charge on any atom is 0.258 e. The van der Waals surface area contributed by atoms with Crippen LogP contribution in [0.3, 0.4) is 0 Å². The molecule has 2 fully saturated rings. The zero-order valence-corrected chi connectivity index (χ0v) is 21.7. The number of nitrogens with one attached hydrogen (secondary N) is 1. The van der Waals surface area contributed by atoms with Gasteiger partial charge in [0.05, 0.1) is 11.8 Å². The number of rotatable bonds is 8. The number of carbonyl (C=O) groups is 1. The molecule has 0 aliphatic carbocycles. The highest BCUT2D eigenvalue weighted by molar-refractivity contribution is 5.97. The molecule has 2 aliphatic heterocycles. The lowest BCUT2D eigenvalue weighted by Crippen LogP contribution is -2.48. The molecule has 9 heteroatoms. The molecule has 2 aliphatic rings. The molecule has 0 atom stereocenters. The molecule has 1 aromatic heterocycles. The van der Waals surface area contributed by atoms with Gasteiger partial charge >= 0.3 is 0 Å². The monoisotopic (exact) mass is 499 g/mol. The lowest BCUT2D eigenvalue weighted by Gasteiger charge is -2.36. The highest BCUT2D eigenvalue weighted by Crippen LogP contribution is 2.34. The summed E-state index contributed by atoms with van der Waals surface area (Å²) in [5.74, 6) is 0.672. The van der Waals surface area contributed by atoms with Gasteiger partial charge in [-0.2, -0.15) is 0 Å². The zero-order chi connectivity index (χ0) is 25.7. The van der Waals surface area contributed by atoms with Crippen LogP contribution in [0.15, 0.2) is 30.7 Å². The molecular weight excluding hydrogens is 461 g/mol. The molecule has 0 saturated carbocycles. The fraction of sp³-hybridized carbons (Fsp3) is 0.593. The number of aromatic nitrogens is 2. The number of carbonyl (C=O) groups excluding carboxylic acids is 1. The number of piperidine rings is 1. The lowest BCUT2D eigenvalue weighted by atomic mass is 10.0. The van der Waals surface area contributed by atoms with Crippen molar-refractivity contribution in [3.63, 3.8) is 0 Å². The number of halogens is 1. The van der Waals surface area contributed by atoms with Crippen molar-refractivity contribution in [1.82, 2.24) is 20.2 Å². The Morgan fingerprint density at radius 1 is 1.08 bits per heavy atom. The highest BCUT2D eigenvalue weighted by atomic mass is 19.1. The maximum absolute atomic E-state index is 14.2. The van der Waals surface area contributed by atoms with Gasteiger partial charge in [-0.25, -0.2) is 14.4 Å². The third-order valence-electron chi connectivity index (χ3n) is 6.89. The van der Waals surface area contributed by atoms with Gasteiger partial charge in [0.25, 0.3) is 5.91 Å². The Morgan fingerprint density at radius 2 is 1.75 bits per heavy atom. The summed E-state index contributed by atoms with van der Waals surface area (Å²) in [5.41, 5.74) is 0.187. The third-order valence-corrected chi connectivity index (χ3v) is 6.89. The van der Waals surface area contributed by atoms with E-state index in [4.69, 9.17) is 9.47 Å². The molecule has 2 aromatic rings. The summed E-state index contributed by atoms with van der Waals surface area (Å²) in [6.45, 7) is 11.1. The Bertz CT molecular complexity index is 1010. The molecule has 2 saturated heterocycles. The third kappa shape index (κ3) is 6.31. The Morgan fingerprint density at radius 3 is 2.42 bits per heavy atom. The van der Waals surface area contributed by atoms with Gasteiger partial charge in [0.2, 0.25) is 0 Å². The van der Waals surface area contributed by atoms with Crippen LogP contribution in [-0.2, 0) is 4.74 Å². The molecule has 1 amide bonds. The number of amides is 1. The van der Waals surface area contributed by atoms with Gasteiger partial charge in [-0.1, -0.05) is 0 Å². The second-order valence-electron chi connectivity index (χ2n) is 10.2. The topological polar surface area (TPSA) is 79.8 Å². The summed E-state index contributed by atoms with van der Waals surface area (Å²) in [4.78, 5) is 26.0. The predicted octanol–water partition coefficient (Wildman–Crippen LogP) is 4.40. The standard InChI is InChI=1S/C27H38FN5O3/c1-18(2)33(19(3)4)27(34)23-15-20(28)5-6-24(23)36-25-16-29-17-30-26(25)32-11-7-21(8-12-32)31-22-9-13-35-14-10-22/h5-6,15-19,21-22,31H,7-14H2,1-4H3. The summed E-state index contributed by atoms with van der Waals surface area (Å²) in [5, 5.41) is 3.79. The van der Waals surface area contributed by atoms with Crippen molar-refractivity contribution in [2.75, 3.05) is 31.2 Å². The van der Waals surface area contributed by atoms with Crippen molar-refractivity contribution in [2.45, 2.75) is 77.5 Å². The van der Waals surface area contributed by atoms with E-state index in [1.165, 1.54) is 24.5 Å². The number of hydrogen-bond donors (Lipinski definition) is 1. The van der Waals surface area contributed by atoms with E-state index >= 15 is 0 Å².